The van der Waals surface area contributed by atoms with Crippen molar-refractivity contribution in [3.8, 4) is 0 Å². The molecule has 3 rings (SSSR count). The second-order valence-electron chi connectivity index (χ2n) is 6.65. The van der Waals surface area contributed by atoms with Gasteiger partial charge >= 0.3 is 0 Å². The Morgan fingerprint density at radius 3 is 2.29 bits per heavy atom. The van der Waals surface area contributed by atoms with Crippen molar-refractivity contribution >= 4 is 11.6 Å². The Kier molecular flexibility index (Phi) is 3.51. The Hall–Kier alpha value is -1.78. The van der Waals surface area contributed by atoms with E-state index < -0.39 is 0 Å². The zero-order chi connectivity index (χ0) is 15.0. The number of rotatable bonds is 2. The maximum Gasteiger partial charge on any atom is 0.191 e. The van der Waals surface area contributed by atoms with Gasteiger partial charge in [-0.05, 0) is 36.1 Å². The minimum atomic E-state index is -0.194. The first kappa shape index (κ1) is 14.2. The van der Waals surface area contributed by atoms with E-state index in [1.165, 1.54) is 12.1 Å². The van der Waals surface area contributed by atoms with Gasteiger partial charge in [0.1, 0.15) is 5.82 Å². The van der Waals surface area contributed by atoms with Crippen LogP contribution in [0.2, 0.25) is 0 Å². The third kappa shape index (κ3) is 3.12. The largest absolute Gasteiger partial charge is 0.370 e. The van der Waals surface area contributed by atoms with Gasteiger partial charge in [0.25, 0.3) is 0 Å². The number of halogens is 1. The Bertz CT molecular complexity index is 530. The Balaban J connectivity index is 1.56. The van der Waals surface area contributed by atoms with Crippen molar-refractivity contribution < 1.29 is 4.39 Å². The molecule has 1 saturated carbocycles. The van der Waals surface area contributed by atoms with Crippen LogP contribution in [-0.4, -0.2) is 43.1 Å². The molecule has 0 amide bonds. The highest BCUT2D eigenvalue weighted by atomic mass is 19.1. The second kappa shape index (κ2) is 5.20. The van der Waals surface area contributed by atoms with Gasteiger partial charge in [-0.15, -0.1) is 0 Å². The topological polar surface area (TPSA) is 44.9 Å². The maximum atomic E-state index is 13.0. The Morgan fingerprint density at radius 2 is 1.76 bits per heavy atom. The van der Waals surface area contributed by atoms with E-state index in [-0.39, 0.29) is 5.82 Å². The van der Waals surface area contributed by atoms with Crippen LogP contribution < -0.4 is 10.6 Å². The van der Waals surface area contributed by atoms with Gasteiger partial charge in [-0.25, -0.2) is 9.38 Å². The van der Waals surface area contributed by atoms with Crippen LogP contribution >= 0.6 is 0 Å². The summed E-state index contributed by atoms with van der Waals surface area (Å²) in [6.07, 6.45) is 1.13. The van der Waals surface area contributed by atoms with E-state index >= 15 is 0 Å². The predicted molar refractivity (Wildman–Crippen MR) is 84.0 cm³/mol. The van der Waals surface area contributed by atoms with Crippen LogP contribution in [-0.2, 0) is 0 Å². The lowest BCUT2D eigenvalue weighted by molar-refractivity contribution is 0.380. The summed E-state index contributed by atoms with van der Waals surface area (Å²) in [4.78, 5) is 9.03. The molecule has 0 bridgehead atoms. The van der Waals surface area contributed by atoms with Gasteiger partial charge in [0.15, 0.2) is 5.96 Å². The minimum absolute atomic E-state index is 0.194. The van der Waals surface area contributed by atoms with Gasteiger partial charge in [0.05, 0.1) is 6.04 Å². The Morgan fingerprint density at radius 1 is 1.19 bits per heavy atom. The van der Waals surface area contributed by atoms with Gasteiger partial charge in [0.2, 0.25) is 0 Å². The Labute approximate surface area is 125 Å². The third-order valence-electron chi connectivity index (χ3n) is 4.54. The molecule has 0 unspecified atom stereocenters. The van der Waals surface area contributed by atoms with Crippen molar-refractivity contribution in [3.05, 3.63) is 30.1 Å². The van der Waals surface area contributed by atoms with Crippen LogP contribution in [0.5, 0.6) is 0 Å². The molecule has 1 aliphatic heterocycles. The van der Waals surface area contributed by atoms with Crippen molar-refractivity contribution in [1.29, 1.82) is 0 Å². The van der Waals surface area contributed by atoms with Crippen molar-refractivity contribution in [2.75, 3.05) is 31.1 Å². The van der Waals surface area contributed by atoms with Crippen molar-refractivity contribution in [3.63, 3.8) is 0 Å². The fraction of sp³-hybridized carbons (Fsp3) is 0.562. The molecule has 1 aromatic rings. The van der Waals surface area contributed by atoms with Gasteiger partial charge in [-0.2, -0.15) is 0 Å². The molecule has 5 heteroatoms. The molecule has 1 heterocycles. The van der Waals surface area contributed by atoms with E-state index in [1.807, 2.05) is 12.1 Å². The first-order chi connectivity index (χ1) is 9.95. The molecule has 1 aromatic carbocycles. The summed E-state index contributed by atoms with van der Waals surface area (Å²) in [7, 11) is 0. The van der Waals surface area contributed by atoms with Crippen LogP contribution in [0.1, 0.15) is 20.3 Å². The molecule has 114 valence electrons. The van der Waals surface area contributed by atoms with Crippen LogP contribution in [0.4, 0.5) is 10.1 Å². The van der Waals surface area contributed by atoms with E-state index in [1.54, 1.807) is 0 Å². The summed E-state index contributed by atoms with van der Waals surface area (Å²) in [6, 6.07) is 7.05. The lowest BCUT2D eigenvalue weighted by Crippen LogP contribution is -2.51. The van der Waals surface area contributed by atoms with E-state index in [9.17, 15) is 4.39 Å². The average Bonchev–Trinajstić information content (AvgIpc) is 3.06. The molecule has 2 aliphatic rings. The molecule has 21 heavy (non-hydrogen) atoms. The lowest BCUT2D eigenvalue weighted by Gasteiger charge is -2.36. The number of benzene rings is 1. The van der Waals surface area contributed by atoms with Crippen molar-refractivity contribution in [2.24, 2.45) is 16.1 Å². The summed E-state index contributed by atoms with van der Waals surface area (Å²) in [5.74, 6) is 0.477. The first-order valence-corrected chi connectivity index (χ1v) is 7.54. The molecule has 1 saturated heterocycles. The molecular weight excluding hydrogens is 267 g/mol. The summed E-state index contributed by atoms with van der Waals surface area (Å²) in [6.45, 7) is 7.94. The zero-order valence-corrected chi connectivity index (χ0v) is 12.7. The number of hydrogen-bond donors (Lipinski definition) is 1. The molecule has 2 N–H and O–H groups in total. The highest BCUT2D eigenvalue weighted by Crippen LogP contribution is 2.47. The predicted octanol–water partition coefficient (Wildman–Crippen LogP) is 2.06. The highest BCUT2D eigenvalue weighted by Gasteiger charge is 2.46. The van der Waals surface area contributed by atoms with E-state index in [0.29, 0.717) is 17.4 Å². The number of guanidine groups is 1. The standard InChI is InChI=1S/C16H23FN4/c1-16(2)11-14(16)19-15(18)21-9-7-20(8-10-21)13-5-3-12(17)4-6-13/h3-6,14H,7-11H2,1-2H3,(H2,18,19)/t14-/m0/s1. The molecule has 0 spiro atoms. The van der Waals surface area contributed by atoms with Gasteiger partial charge in [-0.1, -0.05) is 13.8 Å². The monoisotopic (exact) mass is 290 g/mol. The van der Waals surface area contributed by atoms with E-state index in [0.717, 1.165) is 38.3 Å². The minimum Gasteiger partial charge on any atom is -0.370 e. The van der Waals surface area contributed by atoms with E-state index in [2.05, 4.69) is 28.6 Å². The summed E-state index contributed by atoms with van der Waals surface area (Å²) in [5, 5.41) is 0. The SMILES string of the molecule is CC1(C)C[C@@H]1N=C(N)N1CCN(c2ccc(F)cc2)CC1. The molecule has 1 aliphatic carbocycles. The van der Waals surface area contributed by atoms with Crippen LogP contribution in [0.3, 0.4) is 0 Å². The number of piperazine rings is 1. The molecule has 0 aromatic heterocycles. The molecule has 0 radical (unpaired) electrons. The zero-order valence-electron chi connectivity index (χ0n) is 12.7. The highest BCUT2D eigenvalue weighted by molar-refractivity contribution is 5.79. The van der Waals surface area contributed by atoms with Gasteiger partial charge in [0, 0.05) is 31.9 Å². The number of aliphatic imine (C=N–C) groups is 1. The van der Waals surface area contributed by atoms with Crippen LogP contribution in [0, 0.1) is 11.2 Å². The summed E-state index contributed by atoms with van der Waals surface area (Å²) in [5.41, 5.74) is 7.51. The fourth-order valence-electron chi connectivity index (χ4n) is 2.75. The second-order valence-corrected chi connectivity index (χ2v) is 6.65. The quantitative estimate of drug-likeness (QED) is 0.670. The number of nitrogens with two attached hydrogens (primary N) is 1. The van der Waals surface area contributed by atoms with Crippen molar-refractivity contribution in [1.82, 2.24) is 4.90 Å². The normalized spacial score (nSPS) is 25.1. The number of anilines is 1. The molecule has 1 atom stereocenters. The number of hydrogen-bond acceptors (Lipinski definition) is 2. The average molecular weight is 290 g/mol. The summed E-state index contributed by atoms with van der Waals surface area (Å²) >= 11 is 0. The van der Waals surface area contributed by atoms with Gasteiger partial charge in [-0.3, -0.25) is 0 Å². The lowest BCUT2D eigenvalue weighted by atomic mass is 10.2. The van der Waals surface area contributed by atoms with Crippen molar-refractivity contribution in [2.45, 2.75) is 26.3 Å². The molecule has 2 fully saturated rings. The smallest absolute Gasteiger partial charge is 0.191 e. The third-order valence-corrected chi connectivity index (χ3v) is 4.54. The summed E-state index contributed by atoms with van der Waals surface area (Å²) < 4.78 is 13.0. The van der Waals surface area contributed by atoms with E-state index in [4.69, 9.17) is 5.73 Å². The number of nitrogens with zero attached hydrogens (tertiary/aromatic N) is 3. The fourth-order valence-corrected chi connectivity index (χ4v) is 2.75. The van der Waals surface area contributed by atoms with Crippen LogP contribution in [0.25, 0.3) is 0 Å². The molecule has 4 nitrogen and oxygen atoms in total. The maximum absolute atomic E-state index is 13.0. The van der Waals surface area contributed by atoms with Gasteiger partial charge < -0.3 is 15.5 Å². The van der Waals surface area contributed by atoms with Crippen LogP contribution in [0.15, 0.2) is 29.3 Å². The molecular formula is C16H23FN4. The first-order valence-electron chi connectivity index (χ1n) is 7.54.